The first kappa shape index (κ1) is 24.0. The lowest BCUT2D eigenvalue weighted by Gasteiger charge is -2.17. The highest BCUT2D eigenvalue weighted by Crippen LogP contribution is 2.23. The number of hydrogen-bond donors (Lipinski definition) is 2. The van der Waals surface area contributed by atoms with E-state index < -0.39 is 5.54 Å². The first-order chi connectivity index (χ1) is 11.4. The van der Waals surface area contributed by atoms with E-state index in [9.17, 15) is 4.79 Å². The Morgan fingerprint density at radius 2 is 1.77 bits per heavy atom. The van der Waals surface area contributed by atoms with Gasteiger partial charge in [-0.1, -0.05) is 0 Å². The van der Waals surface area contributed by atoms with Gasteiger partial charge in [0.05, 0.1) is 12.1 Å². The minimum atomic E-state index is -0.908. The molecule has 3 N–H and O–H groups in total. The lowest BCUT2D eigenvalue weighted by molar-refractivity contribution is -0.125. The molecule has 144 valence electrons. The van der Waals surface area contributed by atoms with Gasteiger partial charge in [0, 0.05) is 18.8 Å². The van der Waals surface area contributed by atoms with Crippen LogP contribution in [0.25, 0.3) is 0 Å². The van der Waals surface area contributed by atoms with Gasteiger partial charge in [-0.3, -0.25) is 4.79 Å². The molecule has 0 aliphatic carbocycles. The SMILES string of the molecule is CCOc1ccc(Oc2cc(CNC(=O)C(C)(C)N)ccn2)cc1.Cl.Cl. The lowest BCUT2D eigenvalue weighted by atomic mass is 10.1. The van der Waals surface area contributed by atoms with Crippen molar-refractivity contribution < 1.29 is 14.3 Å². The Labute approximate surface area is 166 Å². The van der Waals surface area contributed by atoms with E-state index in [1.54, 1.807) is 26.1 Å². The number of ether oxygens (including phenoxy) is 2. The number of carbonyl (C=O) groups excluding carboxylic acids is 1. The molecule has 1 aromatic heterocycles. The van der Waals surface area contributed by atoms with Crippen molar-refractivity contribution in [1.82, 2.24) is 10.3 Å². The molecule has 1 heterocycles. The van der Waals surface area contributed by atoms with E-state index in [1.165, 1.54) is 0 Å². The molecule has 2 aromatic rings. The van der Waals surface area contributed by atoms with Crippen LogP contribution in [0.4, 0.5) is 0 Å². The van der Waals surface area contributed by atoms with Crippen molar-refractivity contribution in [3.05, 3.63) is 48.2 Å². The number of halogens is 2. The zero-order valence-corrected chi connectivity index (χ0v) is 16.7. The maximum absolute atomic E-state index is 11.8. The van der Waals surface area contributed by atoms with Gasteiger partial charge < -0.3 is 20.5 Å². The van der Waals surface area contributed by atoms with Crippen LogP contribution in [0.2, 0.25) is 0 Å². The molecule has 1 amide bonds. The number of hydrogen-bond acceptors (Lipinski definition) is 5. The van der Waals surface area contributed by atoms with Crippen LogP contribution in [0, 0.1) is 0 Å². The molecule has 0 saturated carbocycles. The number of aromatic nitrogens is 1. The van der Waals surface area contributed by atoms with Crippen LogP contribution in [0.5, 0.6) is 17.4 Å². The van der Waals surface area contributed by atoms with Crippen LogP contribution in [-0.4, -0.2) is 23.0 Å². The topological polar surface area (TPSA) is 86.5 Å². The zero-order valence-electron chi connectivity index (χ0n) is 15.0. The molecule has 0 saturated heterocycles. The predicted octanol–water partition coefficient (Wildman–Crippen LogP) is 3.47. The second-order valence-corrected chi connectivity index (χ2v) is 5.91. The van der Waals surface area contributed by atoms with E-state index in [0.29, 0.717) is 24.8 Å². The van der Waals surface area contributed by atoms with Gasteiger partial charge in [-0.25, -0.2) is 4.98 Å². The fraction of sp³-hybridized carbons (Fsp3) is 0.333. The Bertz CT molecular complexity index is 689. The van der Waals surface area contributed by atoms with Crippen molar-refractivity contribution in [2.24, 2.45) is 5.73 Å². The Kier molecular flexibility index (Phi) is 10.0. The summed E-state index contributed by atoms with van der Waals surface area (Å²) in [7, 11) is 0. The molecule has 0 aliphatic rings. The molecule has 8 heteroatoms. The fourth-order valence-corrected chi connectivity index (χ4v) is 1.92. The van der Waals surface area contributed by atoms with E-state index in [-0.39, 0.29) is 30.7 Å². The zero-order chi connectivity index (χ0) is 17.6. The van der Waals surface area contributed by atoms with Gasteiger partial charge in [0.15, 0.2) is 0 Å². The quantitative estimate of drug-likeness (QED) is 0.741. The van der Waals surface area contributed by atoms with Crippen molar-refractivity contribution in [3.63, 3.8) is 0 Å². The van der Waals surface area contributed by atoms with Crippen LogP contribution in [0.1, 0.15) is 26.3 Å². The molecule has 0 atom stereocenters. The first-order valence-electron chi connectivity index (χ1n) is 7.81. The molecule has 26 heavy (non-hydrogen) atoms. The third-order valence-corrected chi connectivity index (χ3v) is 3.19. The second-order valence-electron chi connectivity index (χ2n) is 5.91. The maximum atomic E-state index is 11.8. The molecule has 0 aliphatic heterocycles. The lowest BCUT2D eigenvalue weighted by Crippen LogP contribution is -2.48. The number of rotatable bonds is 7. The number of amides is 1. The molecule has 2 rings (SSSR count). The average molecular weight is 402 g/mol. The summed E-state index contributed by atoms with van der Waals surface area (Å²) in [5.41, 5.74) is 5.72. The third kappa shape index (κ3) is 7.47. The number of nitrogens with zero attached hydrogens (tertiary/aromatic N) is 1. The number of carbonyl (C=O) groups is 1. The molecule has 0 radical (unpaired) electrons. The summed E-state index contributed by atoms with van der Waals surface area (Å²) in [6.07, 6.45) is 1.64. The fourth-order valence-electron chi connectivity index (χ4n) is 1.92. The van der Waals surface area contributed by atoms with E-state index in [4.69, 9.17) is 15.2 Å². The summed E-state index contributed by atoms with van der Waals surface area (Å²) in [5, 5.41) is 2.79. The highest BCUT2D eigenvalue weighted by molar-refractivity contribution is 5.86. The second kappa shape index (κ2) is 10.9. The van der Waals surface area contributed by atoms with Gasteiger partial charge in [0.1, 0.15) is 11.5 Å². The van der Waals surface area contributed by atoms with Crippen LogP contribution in [0.3, 0.4) is 0 Å². The summed E-state index contributed by atoms with van der Waals surface area (Å²) >= 11 is 0. The molecular weight excluding hydrogens is 377 g/mol. The van der Waals surface area contributed by atoms with Gasteiger partial charge in [-0.15, -0.1) is 24.8 Å². The number of nitrogens with one attached hydrogen (secondary N) is 1. The smallest absolute Gasteiger partial charge is 0.239 e. The van der Waals surface area contributed by atoms with Crippen molar-refractivity contribution >= 4 is 30.7 Å². The average Bonchev–Trinajstić information content (AvgIpc) is 2.54. The summed E-state index contributed by atoms with van der Waals surface area (Å²) < 4.78 is 11.1. The summed E-state index contributed by atoms with van der Waals surface area (Å²) in [6.45, 7) is 6.24. The van der Waals surface area contributed by atoms with Crippen molar-refractivity contribution in [2.45, 2.75) is 32.9 Å². The number of nitrogens with two attached hydrogens (primary N) is 1. The standard InChI is InChI=1S/C18H23N3O3.2ClH/c1-4-23-14-5-7-15(8-6-14)24-16-11-13(9-10-20-16)12-21-17(22)18(2,3)19;;/h5-11H,4,12,19H2,1-3H3,(H,21,22);2*1H. The van der Waals surface area contributed by atoms with E-state index in [1.807, 2.05) is 37.3 Å². The van der Waals surface area contributed by atoms with E-state index in [0.717, 1.165) is 11.3 Å². The first-order valence-corrected chi connectivity index (χ1v) is 7.81. The van der Waals surface area contributed by atoms with Crippen LogP contribution in [-0.2, 0) is 11.3 Å². The van der Waals surface area contributed by atoms with E-state index in [2.05, 4.69) is 10.3 Å². The molecule has 0 spiro atoms. The number of pyridine rings is 1. The molecule has 6 nitrogen and oxygen atoms in total. The summed E-state index contributed by atoms with van der Waals surface area (Å²) in [5.74, 6) is 1.69. The Balaban J connectivity index is 0.00000312. The van der Waals surface area contributed by atoms with Crippen molar-refractivity contribution in [3.8, 4) is 17.4 Å². The monoisotopic (exact) mass is 401 g/mol. The predicted molar refractivity (Wildman–Crippen MR) is 107 cm³/mol. The van der Waals surface area contributed by atoms with Gasteiger partial charge in [-0.2, -0.15) is 0 Å². The third-order valence-electron chi connectivity index (χ3n) is 3.19. The molecule has 1 aromatic carbocycles. The minimum Gasteiger partial charge on any atom is -0.494 e. The van der Waals surface area contributed by atoms with Gasteiger partial charge in [0.25, 0.3) is 0 Å². The van der Waals surface area contributed by atoms with Crippen molar-refractivity contribution in [2.75, 3.05) is 6.61 Å². The Hall–Kier alpha value is -2.02. The molecule has 0 bridgehead atoms. The Morgan fingerprint density at radius 1 is 1.15 bits per heavy atom. The maximum Gasteiger partial charge on any atom is 0.239 e. The number of benzene rings is 1. The van der Waals surface area contributed by atoms with E-state index >= 15 is 0 Å². The normalized spacial score (nSPS) is 10.2. The highest BCUT2D eigenvalue weighted by atomic mass is 35.5. The van der Waals surface area contributed by atoms with Crippen LogP contribution in [0.15, 0.2) is 42.6 Å². The van der Waals surface area contributed by atoms with Crippen LogP contribution >= 0.6 is 24.8 Å². The molecular formula is C18H25Cl2N3O3. The molecule has 0 fully saturated rings. The van der Waals surface area contributed by atoms with Crippen molar-refractivity contribution in [1.29, 1.82) is 0 Å². The summed E-state index contributed by atoms with van der Waals surface area (Å²) in [6, 6.07) is 10.9. The van der Waals surface area contributed by atoms with Gasteiger partial charge >= 0.3 is 0 Å². The molecule has 0 unspecified atom stereocenters. The summed E-state index contributed by atoms with van der Waals surface area (Å²) in [4.78, 5) is 16.0. The van der Waals surface area contributed by atoms with Gasteiger partial charge in [0.2, 0.25) is 11.8 Å². The minimum absolute atomic E-state index is 0. The van der Waals surface area contributed by atoms with Crippen LogP contribution < -0.4 is 20.5 Å². The van der Waals surface area contributed by atoms with Gasteiger partial charge in [-0.05, 0) is 56.7 Å². The largest absolute Gasteiger partial charge is 0.494 e. The highest BCUT2D eigenvalue weighted by Gasteiger charge is 2.21. The Morgan fingerprint density at radius 3 is 2.35 bits per heavy atom.